The summed E-state index contributed by atoms with van der Waals surface area (Å²) in [5.41, 5.74) is -0.327. The van der Waals surface area contributed by atoms with Crippen molar-refractivity contribution in [1.29, 1.82) is 0 Å². The van der Waals surface area contributed by atoms with Gasteiger partial charge in [0.25, 0.3) is 0 Å². The number of ether oxygens (including phenoxy) is 1. The zero-order chi connectivity index (χ0) is 15.5. The first-order valence-electron chi connectivity index (χ1n) is 6.79. The fourth-order valence-electron chi connectivity index (χ4n) is 1.97. The SMILES string of the molecule is CC(C)(C)C(O)C(Cn1cncn1)Oc1ccccc1Cl. The summed E-state index contributed by atoms with van der Waals surface area (Å²) < 4.78 is 7.57. The van der Waals surface area contributed by atoms with E-state index in [4.69, 9.17) is 16.3 Å². The topological polar surface area (TPSA) is 60.2 Å². The Balaban J connectivity index is 2.21. The molecule has 6 heteroatoms. The summed E-state index contributed by atoms with van der Waals surface area (Å²) >= 11 is 6.13. The molecule has 0 spiro atoms. The van der Waals surface area contributed by atoms with Crippen molar-refractivity contribution in [1.82, 2.24) is 14.8 Å². The minimum Gasteiger partial charge on any atom is -0.484 e. The molecule has 0 amide bonds. The maximum absolute atomic E-state index is 10.6. The molecule has 5 nitrogen and oxygen atoms in total. The number of aromatic nitrogens is 3. The molecule has 0 fully saturated rings. The highest BCUT2D eigenvalue weighted by molar-refractivity contribution is 6.32. The van der Waals surface area contributed by atoms with Crippen LogP contribution >= 0.6 is 11.6 Å². The fourth-order valence-corrected chi connectivity index (χ4v) is 2.15. The van der Waals surface area contributed by atoms with Crippen molar-refractivity contribution in [2.24, 2.45) is 5.41 Å². The Hall–Kier alpha value is -1.59. The third-order valence-corrected chi connectivity index (χ3v) is 3.50. The highest BCUT2D eigenvalue weighted by Gasteiger charge is 2.33. The molecule has 1 heterocycles. The quantitative estimate of drug-likeness (QED) is 0.922. The molecule has 0 radical (unpaired) electrons. The van der Waals surface area contributed by atoms with E-state index >= 15 is 0 Å². The zero-order valence-electron chi connectivity index (χ0n) is 12.4. The number of halogens is 1. The Morgan fingerprint density at radius 2 is 2.05 bits per heavy atom. The number of hydrogen-bond donors (Lipinski definition) is 1. The number of rotatable bonds is 5. The van der Waals surface area contributed by atoms with Crippen molar-refractivity contribution in [3.8, 4) is 5.75 Å². The van der Waals surface area contributed by atoms with Crippen molar-refractivity contribution in [3.05, 3.63) is 41.9 Å². The molecule has 114 valence electrons. The van der Waals surface area contributed by atoms with E-state index in [1.165, 1.54) is 6.33 Å². The van der Waals surface area contributed by atoms with E-state index in [2.05, 4.69) is 10.1 Å². The van der Waals surface area contributed by atoms with E-state index < -0.39 is 12.2 Å². The van der Waals surface area contributed by atoms with Crippen LogP contribution < -0.4 is 4.74 Å². The molecule has 0 saturated heterocycles. The van der Waals surface area contributed by atoms with Crippen LogP contribution in [0.25, 0.3) is 0 Å². The Morgan fingerprint density at radius 1 is 1.33 bits per heavy atom. The molecule has 1 N–H and O–H groups in total. The third-order valence-electron chi connectivity index (χ3n) is 3.19. The summed E-state index contributed by atoms with van der Waals surface area (Å²) in [5.74, 6) is 0.549. The van der Waals surface area contributed by atoms with Crippen LogP contribution in [0, 0.1) is 5.41 Å². The van der Waals surface area contributed by atoms with E-state index in [0.717, 1.165) is 0 Å². The fraction of sp³-hybridized carbons (Fsp3) is 0.467. The lowest BCUT2D eigenvalue weighted by Crippen LogP contribution is -2.44. The first-order chi connectivity index (χ1) is 9.88. The molecule has 21 heavy (non-hydrogen) atoms. The lowest BCUT2D eigenvalue weighted by molar-refractivity contribution is -0.0396. The molecule has 2 unspecified atom stereocenters. The van der Waals surface area contributed by atoms with Crippen LogP contribution in [0.3, 0.4) is 0 Å². The highest BCUT2D eigenvalue weighted by Crippen LogP contribution is 2.29. The van der Waals surface area contributed by atoms with E-state index in [1.807, 2.05) is 32.9 Å². The number of aliphatic hydroxyl groups is 1. The second-order valence-electron chi connectivity index (χ2n) is 6.02. The van der Waals surface area contributed by atoms with Crippen LogP contribution in [0.5, 0.6) is 5.75 Å². The molecule has 0 saturated carbocycles. The van der Waals surface area contributed by atoms with Gasteiger partial charge in [0.2, 0.25) is 0 Å². The number of para-hydroxylation sites is 1. The van der Waals surface area contributed by atoms with Gasteiger partial charge in [-0.25, -0.2) is 9.67 Å². The van der Waals surface area contributed by atoms with Gasteiger partial charge in [0.15, 0.2) is 0 Å². The maximum atomic E-state index is 10.6. The lowest BCUT2D eigenvalue weighted by atomic mass is 9.85. The number of nitrogens with zero attached hydrogens (tertiary/aromatic N) is 3. The van der Waals surface area contributed by atoms with Crippen LogP contribution in [-0.4, -0.2) is 32.1 Å². The van der Waals surface area contributed by atoms with Gasteiger partial charge in [-0.1, -0.05) is 44.5 Å². The van der Waals surface area contributed by atoms with Crippen LogP contribution in [0.15, 0.2) is 36.9 Å². The summed E-state index contributed by atoms with van der Waals surface area (Å²) in [4.78, 5) is 3.91. The zero-order valence-corrected chi connectivity index (χ0v) is 13.2. The molecular weight excluding hydrogens is 290 g/mol. The molecule has 1 aromatic heterocycles. The monoisotopic (exact) mass is 309 g/mol. The average Bonchev–Trinajstić information content (AvgIpc) is 2.91. The molecule has 2 rings (SSSR count). The largest absolute Gasteiger partial charge is 0.484 e. The van der Waals surface area contributed by atoms with Crippen molar-refractivity contribution >= 4 is 11.6 Å². The van der Waals surface area contributed by atoms with Gasteiger partial charge in [-0.05, 0) is 17.5 Å². The van der Waals surface area contributed by atoms with Crippen molar-refractivity contribution in [3.63, 3.8) is 0 Å². The minimum atomic E-state index is -0.682. The van der Waals surface area contributed by atoms with Gasteiger partial charge in [-0.3, -0.25) is 0 Å². The maximum Gasteiger partial charge on any atom is 0.145 e. The Bertz CT molecular complexity index is 567. The van der Waals surface area contributed by atoms with E-state index in [0.29, 0.717) is 17.3 Å². The Labute approximate surface area is 129 Å². The molecule has 1 aromatic carbocycles. The average molecular weight is 310 g/mol. The van der Waals surface area contributed by atoms with Gasteiger partial charge >= 0.3 is 0 Å². The molecule has 0 aliphatic rings. The second kappa shape index (κ2) is 6.45. The predicted molar refractivity (Wildman–Crippen MR) is 81.4 cm³/mol. The van der Waals surface area contributed by atoms with Gasteiger partial charge < -0.3 is 9.84 Å². The molecular formula is C15H20ClN3O2. The summed E-state index contributed by atoms with van der Waals surface area (Å²) in [6.45, 7) is 6.27. The number of benzene rings is 1. The van der Waals surface area contributed by atoms with Gasteiger partial charge in [-0.15, -0.1) is 0 Å². The van der Waals surface area contributed by atoms with Gasteiger partial charge in [-0.2, -0.15) is 5.10 Å². The first-order valence-corrected chi connectivity index (χ1v) is 7.17. The van der Waals surface area contributed by atoms with Crippen LogP contribution in [0.2, 0.25) is 5.02 Å². The van der Waals surface area contributed by atoms with Crippen LogP contribution in [0.1, 0.15) is 20.8 Å². The summed E-state index contributed by atoms with van der Waals surface area (Å²) in [6.07, 6.45) is 1.89. The molecule has 2 atom stereocenters. The van der Waals surface area contributed by atoms with E-state index in [9.17, 15) is 5.11 Å². The van der Waals surface area contributed by atoms with Crippen molar-refractivity contribution in [2.45, 2.75) is 39.5 Å². The standard InChI is InChI=1S/C15H20ClN3O2/c1-15(2,3)14(20)13(8-19-10-17-9-18-19)21-12-7-5-4-6-11(12)16/h4-7,9-10,13-14,20H,8H2,1-3H3. The summed E-state index contributed by atoms with van der Waals surface area (Å²) in [6, 6.07) is 7.22. The normalized spacial score (nSPS) is 14.7. The third kappa shape index (κ3) is 4.19. The summed E-state index contributed by atoms with van der Waals surface area (Å²) in [7, 11) is 0. The molecule has 0 bridgehead atoms. The van der Waals surface area contributed by atoms with E-state index in [1.54, 1.807) is 23.1 Å². The highest BCUT2D eigenvalue weighted by atomic mass is 35.5. The second-order valence-corrected chi connectivity index (χ2v) is 6.42. The number of hydrogen-bond acceptors (Lipinski definition) is 4. The Kier molecular flexibility index (Phi) is 4.85. The molecule has 0 aliphatic carbocycles. The van der Waals surface area contributed by atoms with Gasteiger partial charge in [0.05, 0.1) is 17.7 Å². The Morgan fingerprint density at radius 3 is 2.62 bits per heavy atom. The minimum absolute atomic E-state index is 0.327. The van der Waals surface area contributed by atoms with Gasteiger partial charge in [0, 0.05) is 0 Å². The molecule has 2 aromatic rings. The van der Waals surface area contributed by atoms with Crippen LogP contribution in [0.4, 0.5) is 0 Å². The van der Waals surface area contributed by atoms with E-state index in [-0.39, 0.29) is 5.41 Å². The van der Waals surface area contributed by atoms with Crippen molar-refractivity contribution in [2.75, 3.05) is 0 Å². The van der Waals surface area contributed by atoms with Gasteiger partial charge in [0.1, 0.15) is 24.5 Å². The lowest BCUT2D eigenvalue weighted by Gasteiger charge is -2.33. The smallest absolute Gasteiger partial charge is 0.145 e. The number of aliphatic hydroxyl groups excluding tert-OH is 1. The first kappa shape index (κ1) is 15.8. The summed E-state index contributed by atoms with van der Waals surface area (Å²) in [5, 5.41) is 15.1. The predicted octanol–water partition coefficient (Wildman–Crippen LogP) is 2.79. The molecule has 0 aliphatic heterocycles. The van der Waals surface area contributed by atoms with Crippen molar-refractivity contribution < 1.29 is 9.84 Å². The van der Waals surface area contributed by atoms with Crippen LogP contribution in [-0.2, 0) is 6.54 Å².